The van der Waals surface area contributed by atoms with E-state index in [1.165, 1.54) is 22.9 Å². The number of hydrogen-bond acceptors (Lipinski definition) is 8. The van der Waals surface area contributed by atoms with E-state index in [1.807, 2.05) is 0 Å². The van der Waals surface area contributed by atoms with Gasteiger partial charge in [0, 0.05) is 6.20 Å². The van der Waals surface area contributed by atoms with Crippen LogP contribution >= 0.6 is 0 Å². The van der Waals surface area contributed by atoms with Crippen LogP contribution < -0.4 is 20.3 Å². The van der Waals surface area contributed by atoms with Gasteiger partial charge < -0.3 is 19.9 Å². The molecule has 176 valence electrons. The molecule has 4 heterocycles. The topological polar surface area (TPSA) is 127 Å². The predicted molar refractivity (Wildman–Crippen MR) is 126 cm³/mol. The number of aromatic amines is 1. The highest BCUT2D eigenvalue weighted by Gasteiger charge is 2.22. The van der Waals surface area contributed by atoms with E-state index in [0.29, 0.717) is 40.9 Å². The van der Waals surface area contributed by atoms with Crippen molar-refractivity contribution in [2.45, 2.75) is 12.7 Å². The zero-order chi connectivity index (χ0) is 23.9. The van der Waals surface area contributed by atoms with E-state index < -0.39 is 11.4 Å². The third-order valence-corrected chi connectivity index (χ3v) is 5.81. The Hall–Kier alpha value is -4.51. The highest BCUT2D eigenvalue weighted by Crippen LogP contribution is 2.32. The van der Waals surface area contributed by atoms with Gasteiger partial charge in [-0.15, -0.1) is 0 Å². The summed E-state index contributed by atoms with van der Waals surface area (Å²) >= 11 is 0. The summed E-state index contributed by atoms with van der Waals surface area (Å²) in [4.78, 5) is 22.2. The highest BCUT2D eigenvalue weighted by atomic mass is 19.1. The number of para-hydroxylation sites is 1. The van der Waals surface area contributed by atoms with E-state index in [0.717, 1.165) is 5.56 Å². The summed E-state index contributed by atoms with van der Waals surface area (Å²) < 4.78 is 27.7. The lowest BCUT2D eigenvalue weighted by Crippen LogP contribution is -2.35. The monoisotopic (exact) mass is 474 g/mol. The number of pyridine rings is 1. The minimum absolute atomic E-state index is 0.0792. The molecule has 6 rings (SSSR count). The molecule has 0 fully saturated rings. The fraction of sp³-hybridized carbons (Fsp3) is 0.167. The summed E-state index contributed by atoms with van der Waals surface area (Å²) in [5.41, 5.74) is 1.06. The second-order valence-electron chi connectivity index (χ2n) is 8.05. The van der Waals surface area contributed by atoms with Gasteiger partial charge in [0.25, 0.3) is 5.56 Å². The Kier molecular flexibility index (Phi) is 5.03. The molecular weight excluding hydrogens is 455 g/mol. The van der Waals surface area contributed by atoms with Crippen LogP contribution in [0.2, 0.25) is 0 Å². The van der Waals surface area contributed by atoms with Crippen molar-refractivity contribution in [1.82, 2.24) is 24.7 Å². The maximum Gasteiger partial charge on any atom is 0.267 e. The van der Waals surface area contributed by atoms with Crippen LogP contribution in [0.4, 0.5) is 10.3 Å². The van der Waals surface area contributed by atoms with Gasteiger partial charge in [0.05, 0.1) is 41.3 Å². The third-order valence-electron chi connectivity index (χ3n) is 5.81. The lowest BCUT2D eigenvalue weighted by molar-refractivity contribution is 0.0992. The van der Waals surface area contributed by atoms with Crippen molar-refractivity contribution in [2.75, 3.05) is 18.5 Å². The first kappa shape index (κ1) is 21.1. The van der Waals surface area contributed by atoms with Gasteiger partial charge in [-0.05, 0) is 29.8 Å². The number of rotatable bonds is 5. The number of H-pyrrole nitrogens is 1. The number of fused-ring (bicyclic) bond motifs is 4. The van der Waals surface area contributed by atoms with Gasteiger partial charge in [-0.2, -0.15) is 10.1 Å². The molecule has 0 bridgehead atoms. The second kappa shape index (κ2) is 8.37. The molecule has 0 aliphatic carbocycles. The number of aliphatic hydroxyl groups excluding tert-OH is 1. The van der Waals surface area contributed by atoms with Crippen LogP contribution in [0.15, 0.2) is 59.7 Å². The van der Waals surface area contributed by atoms with Crippen molar-refractivity contribution < 1.29 is 19.0 Å². The maximum atomic E-state index is 14.7. The van der Waals surface area contributed by atoms with Crippen molar-refractivity contribution in [3.05, 3.63) is 76.6 Å². The number of aromatic nitrogens is 5. The number of ether oxygens (including phenoxy) is 2. The fourth-order valence-electron chi connectivity index (χ4n) is 4.10. The molecule has 0 spiro atoms. The number of nitrogens with one attached hydrogen (secondary N) is 2. The summed E-state index contributed by atoms with van der Waals surface area (Å²) in [7, 11) is 0. The molecule has 0 radical (unpaired) electrons. The van der Waals surface area contributed by atoms with Crippen LogP contribution in [0.5, 0.6) is 11.5 Å². The molecule has 1 aliphatic rings. The number of nitrogens with zero attached hydrogens (tertiary/aromatic N) is 4. The van der Waals surface area contributed by atoms with Gasteiger partial charge in [0.2, 0.25) is 5.95 Å². The average Bonchev–Trinajstić information content (AvgIpc) is 3.38. The Labute approximate surface area is 197 Å². The van der Waals surface area contributed by atoms with Crippen molar-refractivity contribution in [1.29, 1.82) is 0 Å². The molecule has 1 aliphatic heterocycles. The Morgan fingerprint density at radius 3 is 2.91 bits per heavy atom. The van der Waals surface area contributed by atoms with Crippen LogP contribution in [0.3, 0.4) is 0 Å². The Balaban J connectivity index is 1.35. The van der Waals surface area contributed by atoms with Gasteiger partial charge in [0.15, 0.2) is 17.1 Å². The summed E-state index contributed by atoms with van der Waals surface area (Å²) in [6.07, 6.45) is 2.61. The highest BCUT2D eigenvalue weighted by molar-refractivity contribution is 6.02. The summed E-state index contributed by atoms with van der Waals surface area (Å²) in [5, 5.41) is 20.1. The molecule has 1 atom stereocenters. The van der Waals surface area contributed by atoms with Gasteiger partial charge in [0.1, 0.15) is 18.5 Å². The predicted octanol–water partition coefficient (Wildman–Crippen LogP) is 2.54. The van der Waals surface area contributed by atoms with E-state index in [1.54, 1.807) is 36.5 Å². The standard InChI is InChI=1S/C24H19FN6O4/c25-17-3-1-2-4-18(17)31-22-15(21-16(23(31)33)10-28-30-21)9-27-24(29-22)26-8-14-12-34-19-6-5-13(11-32)7-20(19)35-14/h1-7,9-10,14,32H,8,11-12H2,(H,28,30)(H,26,27,29). The summed E-state index contributed by atoms with van der Waals surface area (Å²) in [6.45, 7) is 0.517. The van der Waals surface area contributed by atoms with Crippen LogP contribution in [-0.4, -0.2) is 49.1 Å². The largest absolute Gasteiger partial charge is 0.486 e. The van der Waals surface area contributed by atoms with E-state index in [9.17, 15) is 14.3 Å². The third kappa shape index (κ3) is 3.62. The summed E-state index contributed by atoms with van der Waals surface area (Å²) in [5.74, 6) is 0.835. The van der Waals surface area contributed by atoms with Gasteiger partial charge in [-0.1, -0.05) is 18.2 Å². The number of anilines is 1. The Bertz CT molecular complexity index is 1630. The number of benzene rings is 2. The Morgan fingerprint density at radius 2 is 2.06 bits per heavy atom. The minimum atomic E-state index is -0.555. The molecule has 3 N–H and O–H groups in total. The average molecular weight is 474 g/mol. The van der Waals surface area contributed by atoms with E-state index in [-0.39, 0.29) is 30.0 Å². The first-order valence-corrected chi connectivity index (χ1v) is 10.9. The zero-order valence-corrected chi connectivity index (χ0v) is 18.2. The minimum Gasteiger partial charge on any atom is -0.486 e. The van der Waals surface area contributed by atoms with Gasteiger partial charge in [-0.25, -0.2) is 9.37 Å². The molecule has 1 unspecified atom stereocenters. The van der Waals surface area contributed by atoms with Crippen LogP contribution in [0.1, 0.15) is 5.56 Å². The smallest absolute Gasteiger partial charge is 0.267 e. The Morgan fingerprint density at radius 1 is 1.17 bits per heavy atom. The SMILES string of the molecule is O=c1c2cn[nH]c2c2cnc(NCC3COc4ccc(CO)cc4O3)nc2n1-c1ccccc1F. The van der Waals surface area contributed by atoms with E-state index in [2.05, 4.69) is 25.5 Å². The lowest BCUT2D eigenvalue weighted by atomic mass is 10.2. The molecule has 3 aromatic heterocycles. The molecule has 5 aromatic rings. The normalized spacial score (nSPS) is 15.0. The summed E-state index contributed by atoms with van der Waals surface area (Å²) in [6, 6.07) is 11.3. The molecular formula is C24H19FN6O4. The molecule has 35 heavy (non-hydrogen) atoms. The molecule has 0 saturated heterocycles. The number of hydrogen-bond donors (Lipinski definition) is 3. The van der Waals surface area contributed by atoms with Crippen LogP contribution in [0.25, 0.3) is 27.6 Å². The van der Waals surface area contributed by atoms with Crippen molar-refractivity contribution in [2.24, 2.45) is 0 Å². The van der Waals surface area contributed by atoms with E-state index >= 15 is 0 Å². The quantitative estimate of drug-likeness (QED) is 0.355. The van der Waals surface area contributed by atoms with Crippen molar-refractivity contribution in [3.63, 3.8) is 0 Å². The lowest BCUT2D eigenvalue weighted by Gasteiger charge is -2.27. The number of aliphatic hydroxyl groups is 1. The maximum absolute atomic E-state index is 14.7. The van der Waals surface area contributed by atoms with Gasteiger partial charge >= 0.3 is 0 Å². The zero-order valence-electron chi connectivity index (χ0n) is 18.2. The first-order chi connectivity index (χ1) is 17.1. The van der Waals surface area contributed by atoms with Gasteiger partial charge in [-0.3, -0.25) is 14.5 Å². The van der Waals surface area contributed by atoms with E-state index in [4.69, 9.17) is 9.47 Å². The second-order valence-corrected chi connectivity index (χ2v) is 8.05. The van der Waals surface area contributed by atoms with Crippen molar-refractivity contribution >= 4 is 27.9 Å². The van der Waals surface area contributed by atoms with Crippen molar-refractivity contribution in [3.8, 4) is 17.2 Å². The van der Waals surface area contributed by atoms with Crippen LogP contribution in [0, 0.1) is 5.82 Å². The first-order valence-electron chi connectivity index (χ1n) is 10.9. The van der Waals surface area contributed by atoms with Crippen LogP contribution in [-0.2, 0) is 6.61 Å². The fourth-order valence-corrected chi connectivity index (χ4v) is 4.10. The molecule has 0 saturated carbocycles. The molecule has 11 heteroatoms. The molecule has 0 amide bonds. The molecule has 2 aromatic carbocycles. The number of halogens is 1. The molecule has 10 nitrogen and oxygen atoms in total.